The molecule has 2 aromatic rings. The Hall–Kier alpha value is -1.96. The molecule has 0 aliphatic heterocycles. The summed E-state index contributed by atoms with van der Waals surface area (Å²) in [5.41, 5.74) is 0.617. The molecule has 0 saturated heterocycles. The molecule has 0 bridgehead atoms. The van der Waals surface area contributed by atoms with E-state index in [4.69, 9.17) is 0 Å². The molecule has 1 aromatic carbocycles. The van der Waals surface area contributed by atoms with Crippen molar-refractivity contribution >= 4 is 17.7 Å². The number of thioether (sulfide) groups is 1. The standard InChI is InChI=1S/C17H22FN5OS/c18-15-8-4-1-5-13(15)9-10-19-17(24)12-25-11-16-20-21-22-23(16)14-6-2-3-7-14/h1,4-5,8,14H,2-3,6-7,9-12H2,(H,19,24). The molecule has 1 aliphatic rings. The predicted octanol–water partition coefficient (Wildman–Crippen LogP) is 2.52. The molecule has 1 aromatic heterocycles. The molecule has 0 unspecified atom stereocenters. The number of carbonyl (C=O) groups excluding carboxylic acids is 1. The van der Waals surface area contributed by atoms with E-state index in [2.05, 4.69) is 20.8 Å². The van der Waals surface area contributed by atoms with Crippen LogP contribution in [0.3, 0.4) is 0 Å². The Balaban J connectivity index is 1.37. The molecule has 1 N–H and O–H groups in total. The van der Waals surface area contributed by atoms with E-state index in [-0.39, 0.29) is 11.7 Å². The number of benzene rings is 1. The summed E-state index contributed by atoms with van der Waals surface area (Å²) in [6, 6.07) is 7.03. The molecule has 1 amide bonds. The van der Waals surface area contributed by atoms with Gasteiger partial charge in [0.05, 0.1) is 17.5 Å². The van der Waals surface area contributed by atoms with Crippen LogP contribution in [0.25, 0.3) is 0 Å². The van der Waals surface area contributed by atoms with Crippen molar-refractivity contribution in [2.75, 3.05) is 12.3 Å². The fourth-order valence-electron chi connectivity index (χ4n) is 3.06. The zero-order chi connectivity index (χ0) is 17.5. The van der Waals surface area contributed by atoms with Crippen molar-refractivity contribution in [1.82, 2.24) is 25.5 Å². The summed E-state index contributed by atoms with van der Waals surface area (Å²) in [5.74, 6) is 1.50. The average molecular weight is 363 g/mol. The number of aromatic nitrogens is 4. The minimum atomic E-state index is -0.232. The predicted molar refractivity (Wildman–Crippen MR) is 94.6 cm³/mol. The highest BCUT2D eigenvalue weighted by molar-refractivity contribution is 7.99. The van der Waals surface area contributed by atoms with Gasteiger partial charge in [0.1, 0.15) is 5.82 Å². The third-order valence-corrected chi connectivity index (χ3v) is 5.30. The normalized spacial score (nSPS) is 14.8. The van der Waals surface area contributed by atoms with Crippen molar-refractivity contribution in [2.45, 2.75) is 43.9 Å². The van der Waals surface area contributed by atoms with Crippen LogP contribution in [0.4, 0.5) is 4.39 Å². The lowest BCUT2D eigenvalue weighted by atomic mass is 10.1. The average Bonchev–Trinajstić information content (AvgIpc) is 3.27. The summed E-state index contributed by atoms with van der Waals surface area (Å²) in [7, 11) is 0. The monoisotopic (exact) mass is 363 g/mol. The first-order valence-electron chi connectivity index (χ1n) is 8.58. The van der Waals surface area contributed by atoms with Gasteiger partial charge in [0.25, 0.3) is 0 Å². The zero-order valence-electron chi connectivity index (χ0n) is 14.0. The van der Waals surface area contributed by atoms with E-state index in [1.807, 2.05) is 4.68 Å². The summed E-state index contributed by atoms with van der Waals surface area (Å²) in [6.45, 7) is 0.431. The number of nitrogens with one attached hydrogen (secondary N) is 1. The molecule has 0 atom stereocenters. The fourth-order valence-corrected chi connectivity index (χ4v) is 3.83. The molecule has 3 rings (SSSR count). The number of carbonyl (C=O) groups is 1. The van der Waals surface area contributed by atoms with Gasteiger partial charge >= 0.3 is 0 Å². The van der Waals surface area contributed by atoms with Gasteiger partial charge in [0.2, 0.25) is 5.91 Å². The lowest BCUT2D eigenvalue weighted by Crippen LogP contribution is -2.27. The van der Waals surface area contributed by atoms with E-state index in [0.717, 1.165) is 18.7 Å². The molecule has 134 valence electrons. The summed E-state index contributed by atoms with van der Waals surface area (Å²) in [5, 5.41) is 14.8. The van der Waals surface area contributed by atoms with E-state index < -0.39 is 0 Å². The van der Waals surface area contributed by atoms with Gasteiger partial charge in [-0.15, -0.1) is 16.9 Å². The second kappa shape index (κ2) is 8.94. The maximum absolute atomic E-state index is 13.5. The number of rotatable bonds is 8. The van der Waals surface area contributed by atoms with Gasteiger partial charge in [-0.2, -0.15) is 0 Å². The van der Waals surface area contributed by atoms with Crippen LogP contribution >= 0.6 is 11.8 Å². The molecule has 1 aliphatic carbocycles. The van der Waals surface area contributed by atoms with E-state index in [1.54, 1.807) is 18.2 Å². The molecule has 6 nitrogen and oxygen atoms in total. The quantitative estimate of drug-likeness (QED) is 0.780. The Morgan fingerprint density at radius 3 is 2.92 bits per heavy atom. The highest BCUT2D eigenvalue weighted by Gasteiger charge is 2.21. The lowest BCUT2D eigenvalue weighted by Gasteiger charge is -2.11. The van der Waals surface area contributed by atoms with E-state index >= 15 is 0 Å². The first kappa shape index (κ1) is 17.8. The zero-order valence-corrected chi connectivity index (χ0v) is 14.8. The summed E-state index contributed by atoms with van der Waals surface area (Å²) >= 11 is 1.49. The number of tetrazole rings is 1. The highest BCUT2D eigenvalue weighted by atomic mass is 32.2. The molecule has 0 spiro atoms. The van der Waals surface area contributed by atoms with Crippen molar-refractivity contribution in [3.63, 3.8) is 0 Å². The first-order valence-corrected chi connectivity index (χ1v) is 9.74. The number of nitrogens with zero attached hydrogens (tertiary/aromatic N) is 4. The third kappa shape index (κ3) is 5.01. The second-order valence-corrected chi connectivity index (χ2v) is 7.15. The van der Waals surface area contributed by atoms with Crippen LogP contribution < -0.4 is 5.32 Å². The number of hydrogen-bond acceptors (Lipinski definition) is 5. The maximum atomic E-state index is 13.5. The van der Waals surface area contributed by atoms with Gasteiger partial charge in [0.15, 0.2) is 5.82 Å². The summed E-state index contributed by atoms with van der Waals surface area (Å²) in [6.07, 6.45) is 5.19. The molecule has 0 radical (unpaired) electrons. The number of amides is 1. The Kier molecular flexibility index (Phi) is 6.38. The van der Waals surface area contributed by atoms with Crippen molar-refractivity contribution < 1.29 is 9.18 Å². The Labute approximate surface area is 150 Å². The third-order valence-electron chi connectivity index (χ3n) is 4.37. The van der Waals surface area contributed by atoms with Crippen LogP contribution in [0.2, 0.25) is 0 Å². The topological polar surface area (TPSA) is 72.7 Å². The first-order chi connectivity index (χ1) is 12.2. The molecular formula is C17H22FN5OS. The minimum Gasteiger partial charge on any atom is -0.355 e. The Morgan fingerprint density at radius 1 is 1.32 bits per heavy atom. The maximum Gasteiger partial charge on any atom is 0.230 e. The van der Waals surface area contributed by atoms with E-state index in [9.17, 15) is 9.18 Å². The van der Waals surface area contributed by atoms with Gasteiger partial charge in [0, 0.05) is 6.54 Å². The van der Waals surface area contributed by atoms with Crippen LogP contribution in [0.1, 0.15) is 43.1 Å². The van der Waals surface area contributed by atoms with Crippen LogP contribution in [-0.2, 0) is 17.0 Å². The lowest BCUT2D eigenvalue weighted by molar-refractivity contribution is -0.118. The summed E-state index contributed by atoms with van der Waals surface area (Å²) in [4.78, 5) is 11.9. The number of hydrogen-bond donors (Lipinski definition) is 1. The van der Waals surface area contributed by atoms with Crippen molar-refractivity contribution in [2.24, 2.45) is 0 Å². The molecule has 8 heteroatoms. The SMILES string of the molecule is O=C(CSCc1nnnn1C1CCCC1)NCCc1ccccc1F. The highest BCUT2D eigenvalue weighted by Crippen LogP contribution is 2.29. The van der Waals surface area contributed by atoms with Gasteiger partial charge in [-0.3, -0.25) is 4.79 Å². The van der Waals surface area contributed by atoms with Gasteiger partial charge in [-0.05, 0) is 41.3 Å². The van der Waals surface area contributed by atoms with Crippen LogP contribution in [0, 0.1) is 5.82 Å². The molecule has 1 saturated carbocycles. The van der Waals surface area contributed by atoms with Gasteiger partial charge < -0.3 is 5.32 Å². The van der Waals surface area contributed by atoms with Crippen molar-refractivity contribution in [1.29, 1.82) is 0 Å². The largest absolute Gasteiger partial charge is 0.355 e. The van der Waals surface area contributed by atoms with Crippen molar-refractivity contribution in [3.8, 4) is 0 Å². The molecule has 1 heterocycles. The van der Waals surface area contributed by atoms with E-state index in [1.165, 1.54) is 30.7 Å². The van der Waals surface area contributed by atoms with E-state index in [0.29, 0.717) is 36.1 Å². The Bertz CT molecular complexity index is 702. The molecule has 25 heavy (non-hydrogen) atoms. The second-order valence-electron chi connectivity index (χ2n) is 6.16. The molecule has 1 fully saturated rings. The summed E-state index contributed by atoms with van der Waals surface area (Å²) < 4.78 is 15.4. The minimum absolute atomic E-state index is 0.0544. The van der Waals surface area contributed by atoms with Crippen molar-refractivity contribution in [3.05, 3.63) is 41.5 Å². The molecular weight excluding hydrogens is 341 g/mol. The van der Waals surface area contributed by atoms with Gasteiger partial charge in [-0.25, -0.2) is 9.07 Å². The smallest absolute Gasteiger partial charge is 0.230 e. The number of halogens is 1. The fraction of sp³-hybridized carbons (Fsp3) is 0.529. The van der Waals surface area contributed by atoms with Crippen LogP contribution in [0.5, 0.6) is 0 Å². The van der Waals surface area contributed by atoms with Gasteiger partial charge in [-0.1, -0.05) is 31.0 Å². The van der Waals surface area contributed by atoms with Crippen LogP contribution in [-0.4, -0.2) is 38.4 Å². The van der Waals surface area contributed by atoms with Crippen LogP contribution in [0.15, 0.2) is 24.3 Å². The Morgan fingerprint density at radius 2 is 2.12 bits per heavy atom.